The zero-order chi connectivity index (χ0) is 25.2. The van der Waals surface area contributed by atoms with Crippen LogP contribution in [0.3, 0.4) is 0 Å². The number of carbonyl (C=O) groups is 1. The van der Waals surface area contributed by atoms with Crippen LogP contribution in [0.2, 0.25) is 0 Å². The summed E-state index contributed by atoms with van der Waals surface area (Å²) in [7, 11) is 3.60. The van der Waals surface area contributed by atoms with Crippen molar-refractivity contribution in [3.8, 4) is 5.75 Å². The number of hydrogen-bond acceptors (Lipinski definition) is 7. The molecule has 1 saturated heterocycles. The molecule has 1 fully saturated rings. The molecule has 0 radical (unpaired) electrons. The minimum Gasteiger partial charge on any atom is -0.497 e. The van der Waals surface area contributed by atoms with Crippen molar-refractivity contribution >= 4 is 23.9 Å². The van der Waals surface area contributed by atoms with Crippen molar-refractivity contribution < 1.29 is 14.3 Å². The molecule has 188 valence electrons. The first-order valence-electron chi connectivity index (χ1n) is 11.9. The molecule has 35 heavy (non-hydrogen) atoms. The summed E-state index contributed by atoms with van der Waals surface area (Å²) >= 11 is 1.83. The average molecular weight is 497 g/mol. The summed E-state index contributed by atoms with van der Waals surface area (Å²) in [5.41, 5.74) is 5.10. The largest absolute Gasteiger partial charge is 0.497 e. The Morgan fingerprint density at radius 2 is 1.97 bits per heavy atom. The molecule has 1 N–H and O–H groups in total. The van der Waals surface area contributed by atoms with Gasteiger partial charge in [-0.1, -0.05) is 32.0 Å². The molecule has 1 aliphatic rings. The number of nitrogens with zero attached hydrogens (tertiary/aromatic N) is 3. The van der Waals surface area contributed by atoms with Gasteiger partial charge in [0.1, 0.15) is 5.75 Å². The second-order valence-electron chi connectivity index (χ2n) is 8.65. The van der Waals surface area contributed by atoms with Gasteiger partial charge in [-0.2, -0.15) is 5.10 Å². The third-order valence-corrected chi connectivity index (χ3v) is 6.91. The number of methoxy groups -OCH3 is 1. The Kier molecular flexibility index (Phi) is 10.2. The molecule has 0 bridgehead atoms. The normalized spacial score (nSPS) is 13.8. The van der Waals surface area contributed by atoms with E-state index in [0.29, 0.717) is 12.1 Å². The zero-order valence-electron chi connectivity index (χ0n) is 21.3. The van der Waals surface area contributed by atoms with E-state index in [-0.39, 0.29) is 5.92 Å². The molecule has 0 atom stereocenters. The maximum atomic E-state index is 11.0. The van der Waals surface area contributed by atoms with Crippen LogP contribution in [-0.4, -0.2) is 60.8 Å². The number of ether oxygens (including phenoxy) is 2. The fourth-order valence-corrected chi connectivity index (χ4v) is 4.66. The fraction of sp³-hybridized carbons (Fsp3) is 0.407. The van der Waals surface area contributed by atoms with Crippen LogP contribution in [0, 0.1) is 6.92 Å². The van der Waals surface area contributed by atoms with Gasteiger partial charge in [-0.3, -0.25) is 9.48 Å². The Morgan fingerprint density at radius 3 is 2.60 bits per heavy atom. The molecular formula is C27H36N4O3S. The van der Waals surface area contributed by atoms with E-state index in [1.807, 2.05) is 57.1 Å². The molecule has 0 unspecified atom stereocenters. The lowest BCUT2D eigenvalue weighted by molar-refractivity contribution is 0.0773. The zero-order valence-corrected chi connectivity index (χ0v) is 22.1. The van der Waals surface area contributed by atoms with E-state index in [1.165, 1.54) is 16.1 Å². The molecule has 0 spiro atoms. The minimum atomic E-state index is 0.242. The lowest BCUT2D eigenvalue weighted by atomic mass is 10.1. The van der Waals surface area contributed by atoms with E-state index in [2.05, 4.69) is 39.8 Å². The lowest BCUT2D eigenvalue weighted by Crippen LogP contribution is -2.30. The average Bonchev–Trinajstić information content (AvgIpc) is 3.30. The van der Waals surface area contributed by atoms with Crippen molar-refractivity contribution in [1.29, 1.82) is 0 Å². The number of aryl methyl sites for hydroxylation is 1. The van der Waals surface area contributed by atoms with E-state index in [4.69, 9.17) is 9.47 Å². The third-order valence-electron chi connectivity index (χ3n) is 5.65. The first kappa shape index (κ1) is 26.8. The summed E-state index contributed by atoms with van der Waals surface area (Å²) < 4.78 is 14.7. The Bertz CT molecular complexity index is 1090. The molecular weight excluding hydrogens is 460 g/mol. The van der Waals surface area contributed by atoms with E-state index in [1.54, 1.807) is 18.0 Å². The summed E-state index contributed by atoms with van der Waals surface area (Å²) in [5, 5.41) is 7.65. The van der Waals surface area contributed by atoms with Gasteiger partial charge in [-0.25, -0.2) is 4.31 Å². The number of carbonyl (C=O) groups excluding carboxylic acids is 1. The predicted octanol–water partition coefficient (Wildman–Crippen LogP) is 5.25. The summed E-state index contributed by atoms with van der Waals surface area (Å²) in [4.78, 5) is 12.4. The molecule has 2 aromatic carbocycles. The third kappa shape index (κ3) is 7.85. The van der Waals surface area contributed by atoms with Gasteiger partial charge >= 0.3 is 0 Å². The SMILES string of the molecule is CNc1ccc(C)c(SN2CCOCC2)c1.COc1cccc(Cn2cc(C=O)c(C(C)C)n2)c1. The monoisotopic (exact) mass is 496 g/mol. The predicted molar refractivity (Wildman–Crippen MR) is 143 cm³/mol. The van der Waals surface area contributed by atoms with Crippen molar-refractivity contribution in [2.24, 2.45) is 0 Å². The number of aldehydes is 1. The van der Waals surface area contributed by atoms with Crippen LogP contribution in [0.25, 0.3) is 0 Å². The Hall–Kier alpha value is -2.81. The van der Waals surface area contributed by atoms with Crippen LogP contribution in [0.4, 0.5) is 5.69 Å². The highest BCUT2D eigenvalue weighted by atomic mass is 32.2. The van der Waals surface area contributed by atoms with Crippen molar-refractivity contribution in [3.05, 3.63) is 71.0 Å². The van der Waals surface area contributed by atoms with Gasteiger partial charge in [-0.15, -0.1) is 0 Å². The van der Waals surface area contributed by atoms with Gasteiger partial charge in [0, 0.05) is 36.9 Å². The Balaban J connectivity index is 0.000000198. The molecule has 1 aliphatic heterocycles. The number of morpholine rings is 1. The van der Waals surface area contributed by atoms with E-state index < -0.39 is 0 Å². The summed E-state index contributed by atoms with van der Waals surface area (Å²) in [6, 6.07) is 14.3. The molecule has 4 rings (SSSR count). The molecule has 1 aromatic heterocycles. The highest BCUT2D eigenvalue weighted by Crippen LogP contribution is 2.29. The van der Waals surface area contributed by atoms with Gasteiger partial charge in [0.25, 0.3) is 0 Å². The van der Waals surface area contributed by atoms with Gasteiger partial charge in [-0.05, 0) is 60.2 Å². The van der Waals surface area contributed by atoms with Crippen LogP contribution in [-0.2, 0) is 11.3 Å². The second kappa shape index (κ2) is 13.3. The highest BCUT2D eigenvalue weighted by molar-refractivity contribution is 7.97. The van der Waals surface area contributed by atoms with Gasteiger partial charge < -0.3 is 14.8 Å². The van der Waals surface area contributed by atoms with Crippen molar-refractivity contribution in [2.75, 3.05) is 45.8 Å². The van der Waals surface area contributed by atoms with E-state index >= 15 is 0 Å². The molecule has 7 nitrogen and oxygen atoms in total. The molecule has 2 heterocycles. The number of benzene rings is 2. The standard InChI is InChI=1S/C15H18N2O2.C12H18N2OS/c1-11(2)15-13(10-18)9-17(16-15)8-12-5-4-6-14(7-12)19-3;1-10-3-4-11(13-2)9-12(10)16-14-5-7-15-8-6-14/h4-7,9-11H,8H2,1-3H3;3-4,9,13H,5-8H2,1-2H3. The van der Waals surface area contributed by atoms with Crippen LogP contribution >= 0.6 is 11.9 Å². The molecule has 0 aliphatic carbocycles. The van der Waals surface area contributed by atoms with Crippen molar-refractivity contribution in [2.45, 2.75) is 38.1 Å². The van der Waals surface area contributed by atoms with Gasteiger partial charge in [0.2, 0.25) is 0 Å². The fourth-order valence-electron chi connectivity index (χ4n) is 3.66. The van der Waals surface area contributed by atoms with Crippen LogP contribution in [0.1, 0.15) is 46.9 Å². The molecule has 8 heteroatoms. The summed E-state index contributed by atoms with van der Waals surface area (Å²) in [6.45, 7) is 10.6. The number of anilines is 1. The van der Waals surface area contributed by atoms with Gasteiger partial charge in [0.15, 0.2) is 6.29 Å². The van der Waals surface area contributed by atoms with Crippen molar-refractivity contribution in [3.63, 3.8) is 0 Å². The lowest BCUT2D eigenvalue weighted by Gasteiger charge is -2.26. The number of aromatic nitrogens is 2. The Morgan fingerprint density at radius 1 is 1.20 bits per heavy atom. The smallest absolute Gasteiger partial charge is 0.153 e. The van der Waals surface area contributed by atoms with Gasteiger partial charge in [0.05, 0.1) is 38.1 Å². The van der Waals surface area contributed by atoms with E-state index in [0.717, 1.165) is 49.6 Å². The molecule has 0 saturated carbocycles. The van der Waals surface area contributed by atoms with Crippen LogP contribution in [0.15, 0.2) is 53.6 Å². The summed E-state index contributed by atoms with van der Waals surface area (Å²) in [6.07, 6.45) is 2.66. The highest BCUT2D eigenvalue weighted by Gasteiger charge is 2.13. The maximum absolute atomic E-state index is 11.0. The number of hydrogen-bond donors (Lipinski definition) is 1. The first-order valence-corrected chi connectivity index (χ1v) is 12.6. The van der Waals surface area contributed by atoms with Crippen molar-refractivity contribution in [1.82, 2.24) is 14.1 Å². The Labute approximate surface area is 212 Å². The summed E-state index contributed by atoms with van der Waals surface area (Å²) in [5.74, 6) is 1.07. The van der Waals surface area contributed by atoms with Crippen LogP contribution in [0.5, 0.6) is 5.75 Å². The topological polar surface area (TPSA) is 68.6 Å². The van der Waals surface area contributed by atoms with Crippen LogP contribution < -0.4 is 10.1 Å². The number of nitrogens with one attached hydrogen (secondary N) is 1. The molecule has 0 amide bonds. The minimum absolute atomic E-state index is 0.242. The quantitative estimate of drug-likeness (QED) is 0.337. The maximum Gasteiger partial charge on any atom is 0.153 e. The first-order chi connectivity index (χ1) is 16.9. The number of rotatable bonds is 8. The second-order valence-corrected chi connectivity index (χ2v) is 9.79. The molecule has 3 aromatic rings. The van der Waals surface area contributed by atoms with E-state index in [9.17, 15) is 4.79 Å².